The maximum atomic E-state index is 12.3. The van der Waals surface area contributed by atoms with Gasteiger partial charge in [-0.3, -0.25) is 19.2 Å². The molecule has 2 aromatic carbocycles. The second kappa shape index (κ2) is 14.7. The van der Waals surface area contributed by atoms with Crippen molar-refractivity contribution in [2.45, 2.75) is 64.8 Å². The van der Waals surface area contributed by atoms with Gasteiger partial charge in [-0.05, 0) is 54.4 Å². The summed E-state index contributed by atoms with van der Waals surface area (Å²) in [6.45, 7) is 7.94. The number of carbonyl (C=O) groups is 4. The number of nitrogens with one attached hydrogen (secondary N) is 2. The highest BCUT2D eigenvalue weighted by molar-refractivity contribution is 6.36. The van der Waals surface area contributed by atoms with Gasteiger partial charge in [-0.15, -0.1) is 0 Å². The molecule has 0 saturated carbocycles. The van der Waals surface area contributed by atoms with Crippen molar-refractivity contribution in [2.24, 2.45) is 0 Å². The van der Waals surface area contributed by atoms with Gasteiger partial charge in [0.15, 0.2) is 0 Å². The normalized spacial score (nSPS) is 11.4. The molecule has 0 radical (unpaired) electrons. The molecule has 0 bridgehead atoms. The minimum atomic E-state index is -0.626. The van der Waals surface area contributed by atoms with Crippen molar-refractivity contribution in [3.05, 3.63) is 77.4 Å². The minimum absolute atomic E-state index is 0.128. The molecule has 0 aliphatic heterocycles. The van der Waals surface area contributed by atoms with E-state index in [4.69, 9.17) is 0 Å². The molecular formula is C29H36N2O4. The number of Topliss-reactive ketones (excluding diaryl/α,β-unsaturated/α-hetero) is 2. The summed E-state index contributed by atoms with van der Waals surface area (Å²) in [6.07, 6.45) is 5.04. The number of hydrogen-bond donors (Lipinski definition) is 2. The largest absolute Gasteiger partial charge is 0.349 e. The van der Waals surface area contributed by atoms with E-state index in [2.05, 4.69) is 24.1 Å². The van der Waals surface area contributed by atoms with Crippen LogP contribution in [-0.2, 0) is 38.4 Å². The fraction of sp³-hybridized carbons (Fsp3) is 0.379. The van der Waals surface area contributed by atoms with Crippen LogP contribution in [0.25, 0.3) is 6.08 Å². The molecule has 1 unspecified atom stereocenters. The first-order valence-corrected chi connectivity index (χ1v) is 12.3. The molecule has 1 atom stereocenters. The maximum Gasteiger partial charge on any atom is 0.287 e. The molecule has 2 rings (SSSR count). The number of aryl methyl sites for hydroxylation is 3. The summed E-state index contributed by atoms with van der Waals surface area (Å²) < 4.78 is 0. The highest BCUT2D eigenvalue weighted by Gasteiger charge is 2.18. The molecule has 0 aliphatic carbocycles. The van der Waals surface area contributed by atoms with Gasteiger partial charge < -0.3 is 10.6 Å². The Morgan fingerprint density at radius 3 is 1.83 bits per heavy atom. The Labute approximate surface area is 208 Å². The lowest BCUT2D eigenvalue weighted by molar-refractivity contribution is -0.138. The number of benzene rings is 2. The number of ketones is 2. The second-order valence-corrected chi connectivity index (χ2v) is 8.59. The monoisotopic (exact) mass is 476 g/mol. The minimum Gasteiger partial charge on any atom is -0.349 e. The highest BCUT2D eigenvalue weighted by atomic mass is 16.2. The summed E-state index contributed by atoms with van der Waals surface area (Å²) in [5, 5.41) is 5.37. The number of amides is 2. The van der Waals surface area contributed by atoms with E-state index in [1.54, 1.807) is 6.08 Å². The van der Waals surface area contributed by atoms with Crippen LogP contribution in [0.4, 0.5) is 0 Å². The first-order chi connectivity index (χ1) is 16.9. The van der Waals surface area contributed by atoms with Crippen molar-refractivity contribution in [3.63, 3.8) is 0 Å². The van der Waals surface area contributed by atoms with E-state index in [9.17, 15) is 19.2 Å². The van der Waals surface area contributed by atoms with Crippen LogP contribution in [0.2, 0.25) is 0 Å². The number of rotatable bonds is 15. The van der Waals surface area contributed by atoms with Gasteiger partial charge in [-0.2, -0.15) is 0 Å². The van der Waals surface area contributed by atoms with Crippen LogP contribution in [-0.4, -0.2) is 36.0 Å². The Morgan fingerprint density at radius 1 is 0.800 bits per heavy atom. The molecule has 0 fully saturated rings. The van der Waals surface area contributed by atoms with E-state index >= 15 is 0 Å². The van der Waals surface area contributed by atoms with Crippen LogP contribution in [0.5, 0.6) is 0 Å². The zero-order chi connectivity index (χ0) is 25.6. The second-order valence-electron chi connectivity index (χ2n) is 8.59. The Hall–Kier alpha value is -3.54. The fourth-order valence-electron chi connectivity index (χ4n) is 3.61. The molecule has 0 saturated heterocycles. The van der Waals surface area contributed by atoms with E-state index in [1.807, 2.05) is 55.5 Å². The summed E-state index contributed by atoms with van der Waals surface area (Å²) in [4.78, 5) is 48.8. The summed E-state index contributed by atoms with van der Waals surface area (Å²) in [5.41, 5.74) is 4.24. The van der Waals surface area contributed by atoms with Crippen molar-refractivity contribution < 1.29 is 19.2 Å². The van der Waals surface area contributed by atoms with E-state index < -0.39 is 23.4 Å². The molecule has 2 N–H and O–H groups in total. The highest BCUT2D eigenvalue weighted by Crippen LogP contribution is 2.09. The third kappa shape index (κ3) is 9.69. The third-order valence-corrected chi connectivity index (χ3v) is 6.04. The smallest absolute Gasteiger partial charge is 0.287 e. The molecule has 35 heavy (non-hydrogen) atoms. The predicted molar refractivity (Wildman–Crippen MR) is 139 cm³/mol. The average Bonchev–Trinajstić information content (AvgIpc) is 2.89. The summed E-state index contributed by atoms with van der Waals surface area (Å²) in [7, 11) is 0. The lowest BCUT2D eigenvalue weighted by atomic mass is 10.0. The summed E-state index contributed by atoms with van der Waals surface area (Å²) in [6, 6.07) is 15.5. The Bertz CT molecular complexity index is 1010. The Balaban J connectivity index is 1.68. The molecule has 186 valence electrons. The molecule has 0 aromatic heterocycles. The summed E-state index contributed by atoms with van der Waals surface area (Å²) >= 11 is 0. The van der Waals surface area contributed by atoms with Crippen molar-refractivity contribution in [1.82, 2.24) is 10.6 Å². The lowest BCUT2D eigenvalue weighted by Gasteiger charge is -2.16. The lowest BCUT2D eigenvalue weighted by Crippen LogP contribution is -2.41. The first-order valence-electron chi connectivity index (χ1n) is 12.3. The summed E-state index contributed by atoms with van der Waals surface area (Å²) in [5.74, 6) is -2.16. The average molecular weight is 477 g/mol. The van der Waals surface area contributed by atoms with Gasteiger partial charge in [0, 0.05) is 25.4 Å². The fourth-order valence-corrected chi connectivity index (χ4v) is 3.61. The van der Waals surface area contributed by atoms with Gasteiger partial charge in [0.25, 0.3) is 11.8 Å². The van der Waals surface area contributed by atoms with Crippen molar-refractivity contribution in [2.75, 3.05) is 6.54 Å². The third-order valence-electron chi connectivity index (χ3n) is 6.04. The zero-order valence-corrected chi connectivity index (χ0v) is 20.8. The molecule has 6 nitrogen and oxygen atoms in total. The van der Waals surface area contributed by atoms with Gasteiger partial charge in [-0.25, -0.2) is 0 Å². The van der Waals surface area contributed by atoms with Crippen molar-refractivity contribution in [1.29, 1.82) is 0 Å². The predicted octanol–water partition coefficient (Wildman–Crippen LogP) is 4.00. The van der Waals surface area contributed by atoms with Gasteiger partial charge in [0.1, 0.15) is 0 Å². The van der Waals surface area contributed by atoms with Gasteiger partial charge in [0.05, 0.1) is 0 Å². The van der Waals surface area contributed by atoms with Crippen LogP contribution in [0.1, 0.15) is 61.8 Å². The SMILES string of the molecule is C=Cc1ccc(CCC(=O)C(=O)NCCC(CC)NC(=O)C(=O)CCc2ccc(CC)cc2)cc1. The van der Waals surface area contributed by atoms with Crippen LogP contribution in [0.15, 0.2) is 55.1 Å². The molecular weight excluding hydrogens is 440 g/mol. The number of carbonyl (C=O) groups excluding carboxylic acids is 4. The Kier molecular flexibility index (Phi) is 11.6. The van der Waals surface area contributed by atoms with Crippen molar-refractivity contribution >= 4 is 29.5 Å². The topological polar surface area (TPSA) is 92.3 Å². The maximum absolute atomic E-state index is 12.3. The van der Waals surface area contributed by atoms with Crippen molar-refractivity contribution in [3.8, 4) is 0 Å². The van der Waals surface area contributed by atoms with Crippen LogP contribution in [0, 0.1) is 0 Å². The van der Waals surface area contributed by atoms with Gasteiger partial charge in [0.2, 0.25) is 11.6 Å². The van der Waals surface area contributed by atoms with Gasteiger partial charge >= 0.3 is 0 Å². The van der Waals surface area contributed by atoms with Gasteiger partial charge in [-0.1, -0.05) is 75.0 Å². The van der Waals surface area contributed by atoms with Crippen LogP contribution in [0.3, 0.4) is 0 Å². The first kappa shape index (κ1) is 27.7. The zero-order valence-electron chi connectivity index (χ0n) is 20.8. The Morgan fingerprint density at radius 2 is 1.31 bits per heavy atom. The molecule has 2 amide bonds. The standard InChI is InChI=1S/C29H36N2O4/c1-4-21-7-11-23(12-8-21)15-17-26(32)28(34)30-20-19-25(6-3)31-29(35)27(33)18-16-24-13-9-22(5-2)10-14-24/h4,7-14,25H,1,5-6,15-20H2,2-3H3,(H,30,34)(H,31,35). The quantitative estimate of drug-likeness (QED) is 0.380. The van der Waals surface area contributed by atoms with E-state index in [0.29, 0.717) is 25.7 Å². The molecule has 0 spiro atoms. The van der Waals surface area contributed by atoms with E-state index in [1.165, 1.54) is 5.56 Å². The molecule has 0 heterocycles. The molecule has 2 aromatic rings. The molecule has 0 aliphatic rings. The van der Waals surface area contributed by atoms with E-state index in [0.717, 1.165) is 23.1 Å². The van der Waals surface area contributed by atoms with Crippen LogP contribution >= 0.6 is 0 Å². The number of hydrogen-bond acceptors (Lipinski definition) is 4. The molecule has 6 heteroatoms. The van der Waals surface area contributed by atoms with Crippen LogP contribution < -0.4 is 10.6 Å². The van der Waals surface area contributed by atoms with E-state index in [-0.39, 0.29) is 25.4 Å².